The van der Waals surface area contributed by atoms with Crippen molar-refractivity contribution in [1.82, 2.24) is 10.6 Å². The average Bonchev–Trinajstić information content (AvgIpc) is 2.54. The second-order valence-corrected chi connectivity index (χ2v) is 6.27. The number of rotatable bonds is 6. The normalized spacial score (nSPS) is 32.2. The quantitative estimate of drug-likeness (QED) is 0.403. The van der Waals surface area contributed by atoms with Crippen LogP contribution in [-0.2, 0) is 0 Å². The van der Waals surface area contributed by atoms with Gasteiger partial charge < -0.3 is 31.1 Å². The van der Waals surface area contributed by atoms with Crippen LogP contribution in [0, 0.1) is 0 Å². The van der Waals surface area contributed by atoms with E-state index in [2.05, 4.69) is 10.6 Å². The van der Waals surface area contributed by atoms with E-state index in [1.165, 1.54) is 12.8 Å². The molecule has 0 aromatic carbocycles. The summed E-state index contributed by atoms with van der Waals surface area (Å²) in [5.74, 6) is 0. The predicted molar refractivity (Wildman–Crippen MR) is 86.7 cm³/mol. The zero-order valence-electron chi connectivity index (χ0n) is 13.6. The SMILES string of the molecule is OCCN[C@@H]1CCCC[C@H]1O.OCCN[C@H]1CCCC[C@@H]1O. The lowest BCUT2D eigenvalue weighted by Gasteiger charge is -2.28. The summed E-state index contributed by atoms with van der Waals surface area (Å²) in [5, 5.41) is 42.2. The predicted octanol–water partition coefficient (Wildman–Crippen LogP) is -0.256. The lowest BCUT2D eigenvalue weighted by Crippen LogP contribution is -2.43. The van der Waals surface area contributed by atoms with Gasteiger partial charge in [-0.25, -0.2) is 0 Å². The van der Waals surface area contributed by atoms with Gasteiger partial charge in [-0.2, -0.15) is 0 Å². The molecule has 2 rings (SSSR count). The van der Waals surface area contributed by atoms with Gasteiger partial charge in [0.1, 0.15) is 0 Å². The second kappa shape index (κ2) is 12.2. The fourth-order valence-corrected chi connectivity index (χ4v) is 3.20. The third kappa shape index (κ3) is 7.85. The average molecular weight is 318 g/mol. The van der Waals surface area contributed by atoms with E-state index in [0.717, 1.165) is 38.5 Å². The third-order valence-corrected chi connectivity index (χ3v) is 4.50. The van der Waals surface area contributed by atoms with Crippen molar-refractivity contribution < 1.29 is 20.4 Å². The van der Waals surface area contributed by atoms with E-state index in [4.69, 9.17) is 10.2 Å². The third-order valence-electron chi connectivity index (χ3n) is 4.50. The molecule has 0 aromatic rings. The fraction of sp³-hybridized carbons (Fsp3) is 1.00. The van der Waals surface area contributed by atoms with Crippen LogP contribution in [0.3, 0.4) is 0 Å². The van der Waals surface area contributed by atoms with Crippen LogP contribution in [0.2, 0.25) is 0 Å². The maximum Gasteiger partial charge on any atom is 0.0693 e. The van der Waals surface area contributed by atoms with E-state index in [1.54, 1.807) is 0 Å². The summed E-state index contributed by atoms with van der Waals surface area (Å²) in [6, 6.07) is 0.437. The van der Waals surface area contributed by atoms with Gasteiger partial charge >= 0.3 is 0 Å². The first kappa shape index (κ1) is 19.8. The maximum atomic E-state index is 9.45. The maximum absolute atomic E-state index is 9.45. The highest BCUT2D eigenvalue weighted by Crippen LogP contribution is 2.18. The van der Waals surface area contributed by atoms with Crippen molar-refractivity contribution in [2.75, 3.05) is 26.3 Å². The Morgan fingerprint density at radius 3 is 1.32 bits per heavy atom. The van der Waals surface area contributed by atoms with Crippen LogP contribution >= 0.6 is 0 Å². The van der Waals surface area contributed by atoms with Crippen LogP contribution in [0.4, 0.5) is 0 Å². The molecule has 6 N–H and O–H groups in total. The Labute approximate surface area is 133 Å². The van der Waals surface area contributed by atoms with E-state index in [1.807, 2.05) is 0 Å². The second-order valence-electron chi connectivity index (χ2n) is 6.27. The van der Waals surface area contributed by atoms with Gasteiger partial charge in [-0.3, -0.25) is 0 Å². The van der Waals surface area contributed by atoms with E-state index in [0.29, 0.717) is 13.1 Å². The van der Waals surface area contributed by atoms with Gasteiger partial charge in [-0.15, -0.1) is 0 Å². The molecule has 0 amide bonds. The van der Waals surface area contributed by atoms with Gasteiger partial charge in [0.05, 0.1) is 25.4 Å². The van der Waals surface area contributed by atoms with Crippen LogP contribution in [0.1, 0.15) is 51.4 Å². The molecule has 22 heavy (non-hydrogen) atoms. The van der Waals surface area contributed by atoms with Gasteiger partial charge in [0.15, 0.2) is 0 Å². The minimum atomic E-state index is -0.199. The standard InChI is InChI=1S/2C8H17NO2/c2*10-6-5-9-7-3-1-2-4-8(7)11/h2*7-11H,1-6H2/t2*7-,8-/m10/s1. The van der Waals surface area contributed by atoms with Gasteiger partial charge in [-0.05, 0) is 25.7 Å². The van der Waals surface area contributed by atoms with E-state index >= 15 is 0 Å². The highest BCUT2D eigenvalue weighted by Gasteiger charge is 2.22. The number of hydrogen-bond acceptors (Lipinski definition) is 6. The Morgan fingerprint density at radius 2 is 1.00 bits per heavy atom. The van der Waals surface area contributed by atoms with Crippen molar-refractivity contribution >= 4 is 0 Å². The Bertz CT molecular complexity index is 243. The molecular weight excluding hydrogens is 284 g/mol. The molecule has 2 aliphatic rings. The van der Waals surface area contributed by atoms with Crippen molar-refractivity contribution in [3.8, 4) is 0 Å². The first-order chi connectivity index (χ1) is 10.7. The Balaban J connectivity index is 0.000000220. The largest absolute Gasteiger partial charge is 0.395 e. The summed E-state index contributed by atoms with van der Waals surface area (Å²) in [5.41, 5.74) is 0. The molecular formula is C16H34N2O4. The number of hydrogen-bond donors (Lipinski definition) is 6. The summed E-state index contributed by atoms with van der Waals surface area (Å²) in [6.07, 6.45) is 8.16. The van der Waals surface area contributed by atoms with Crippen molar-refractivity contribution in [2.45, 2.75) is 75.7 Å². The van der Waals surface area contributed by atoms with Gasteiger partial charge in [0, 0.05) is 25.2 Å². The summed E-state index contributed by atoms with van der Waals surface area (Å²) in [7, 11) is 0. The fourth-order valence-electron chi connectivity index (χ4n) is 3.20. The van der Waals surface area contributed by atoms with E-state index in [9.17, 15) is 10.2 Å². The molecule has 0 radical (unpaired) electrons. The molecule has 2 saturated carbocycles. The highest BCUT2D eigenvalue weighted by atomic mass is 16.3. The monoisotopic (exact) mass is 318 g/mol. The molecule has 2 aliphatic carbocycles. The summed E-state index contributed by atoms with van der Waals surface area (Å²) in [4.78, 5) is 0. The molecule has 6 nitrogen and oxygen atoms in total. The minimum absolute atomic E-state index is 0.156. The van der Waals surface area contributed by atoms with Gasteiger partial charge in [0.25, 0.3) is 0 Å². The lowest BCUT2D eigenvalue weighted by molar-refractivity contribution is 0.0881. The molecule has 4 atom stereocenters. The van der Waals surface area contributed by atoms with Crippen molar-refractivity contribution in [1.29, 1.82) is 0 Å². The lowest BCUT2D eigenvalue weighted by atomic mass is 9.93. The molecule has 0 aliphatic heterocycles. The molecule has 2 fully saturated rings. The van der Waals surface area contributed by atoms with Gasteiger partial charge in [0.2, 0.25) is 0 Å². The van der Waals surface area contributed by atoms with E-state index in [-0.39, 0.29) is 37.5 Å². The molecule has 0 saturated heterocycles. The van der Waals surface area contributed by atoms with E-state index < -0.39 is 0 Å². The molecule has 0 aromatic heterocycles. The zero-order valence-corrected chi connectivity index (χ0v) is 13.6. The number of nitrogens with one attached hydrogen (secondary N) is 2. The molecule has 0 spiro atoms. The van der Waals surface area contributed by atoms with Crippen LogP contribution in [0.5, 0.6) is 0 Å². The molecule has 0 bridgehead atoms. The summed E-state index contributed by atoms with van der Waals surface area (Å²) >= 11 is 0. The Hall–Kier alpha value is -0.240. The van der Waals surface area contributed by atoms with Gasteiger partial charge in [-0.1, -0.05) is 25.7 Å². The molecule has 0 heterocycles. The molecule has 6 heteroatoms. The minimum Gasteiger partial charge on any atom is -0.395 e. The first-order valence-electron chi connectivity index (χ1n) is 8.73. The van der Waals surface area contributed by atoms with Crippen molar-refractivity contribution in [2.24, 2.45) is 0 Å². The smallest absolute Gasteiger partial charge is 0.0693 e. The Morgan fingerprint density at radius 1 is 0.636 bits per heavy atom. The number of aliphatic hydroxyl groups is 4. The van der Waals surface area contributed by atoms with Crippen LogP contribution in [0.25, 0.3) is 0 Å². The first-order valence-corrected chi connectivity index (χ1v) is 8.73. The van der Waals surface area contributed by atoms with Crippen molar-refractivity contribution in [3.05, 3.63) is 0 Å². The Kier molecular flexibility index (Phi) is 11.0. The summed E-state index contributed by atoms with van der Waals surface area (Å²) < 4.78 is 0. The molecule has 132 valence electrons. The summed E-state index contributed by atoms with van der Waals surface area (Å²) in [6.45, 7) is 1.51. The van der Waals surface area contributed by atoms with Crippen LogP contribution in [-0.4, -0.2) is 71.0 Å². The topological polar surface area (TPSA) is 105 Å². The van der Waals surface area contributed by atoms with Crippen molar-refractivity contribution in [3.63, 3.8) is 0 Å². The highest BCUT2D eigenvalue weighted by molar-refractivity contribution is 4.80. The number of aliphatic hydroxyl groups excluding tert-OH is 4. The van der Waals surface area contributed by atoms with Crippen LogP contribution in [0.15, 0.2) is 0 Å². The zero-order chi connectivity index (χ0) is 16.2. The molecule has 0 unspecified atom stereocenters. The van der Waals surface area contributed by atoms with Crippen LogP contribution < -0.4 is 10.6 Å².